The molecule has 2 rings (SSSR count). The summed E-state index contributed by atoms with van der Waals surface area (Å²) in [6.45, 7) is 0.0811. The summed E-state index contributed by atoms with van der Waals surface area (Å²) in [5.74, 6) is -0.146. The van der Waals surface area contributed by atoms with Crippen molar-refractivity contribution in [3.8, 4) is 0 Å². The molecule has 0 aliphatic heterocycles. The molecule has 0 aromatic heterocycles. The zero-order valence-corrected chi connectivity index (χ0v) is 11.1. The van der Waals surface area contributed by atoms with Gasteiger partial charge in [0.2, 0.25) is 5.91 Å². The third-order valence-corrected chi connectivity index (χ3v) is 2.93. The Kier molecular flexibility index (Phi) is 4.95. The number of benzene rings is 2. The van der Waals surface area contributed by atoms with E-state index in [2.05, 4.69) is 10.2 Å². The molecular formula is C15H15ClN2O. The highest BCUT2D eigenvalue weighted by Gasteiger charge is 2.15. The monoisotopic (exact) mass is 274 g/mol. The van der Waals surface area contributed by atoms with Gasteiger partial charge in [0.1, 0.15) is 0 Å². The Bertz CT molecular complexity index is 477. The van der Waals surface area contributed by atoms with Crippen molar-refractivity contribution in [2.75, 3.05) is 6.54 Å². The lowest BCUT2D eigenvalue weighted by atomic mass is 9.99. The Labute approximate surface area is 117 Å². The third kappa shape index (κ3) is 3.81. The van der Waals surface area contributed by atoms with Crippen molar-refractivity contribution in [3.05, 3.63) is 71.8 Å². The summed E-state index contributed by atoms with van der Waals surface area (Å²) in [5, 5.41) is 2.96. The number of nitrogens with one attached hydrogen (secondary N) is 2. The normalized spacial score (nSPS) is 10.4. The van der Waals surface area contributed by atoms with Crippen LogP contribution in [0.4, 0.5) is 0 Å². The molecule has 0 saturated carbocycles. The molecular weight excluding hydrogens is 260 g/mol. The second kappa shape index (κ2) is 6.92. The second-order valence-corrected chi connectivity index (χ2v) is 4.40. The molecule has 98 valence electrons. The smallest absolute Gasteiger partial charge is 0.236 e. The van der Waals surface area contributed by atoms with Crippen LogP contribution in [0.5, 0.6) is 0 Å². The topological polar surface area (TPSA) is 41.1 Å². The lowest BCUT2D eigenvalue weighted by Gasteiger charge is -2.19. The van der Waals surface area contributed by atoms with Crippen LogP contribution in [0, 0.1) is 0 Å². The van der Waals surface area contributed by atoms with E-state index in [0.717, 1.165) is 11.1 Å². The lowest BCUT2D eigenvalue weighted by molar-refractivity contribution is -0.120. The first-order chi connectivity index (χ1) is 9.31. The van der Waals surface area contributed by atoms with E-state index in [4.69, 9.17) is 11.8 Å². The largest absolute Gasteiger partial charge is 0.344 e. The average Bonchev–Trinajstić information content (AvgIpc) is 2.47. The Hall–Kier alpha value is -1.84. The van der Waals surface area contributed by atoms with E-state index >= 15 is 0 Å². The molecule has 1 amide bonds. The number of carbonyl (C=O) groups is 1. The maximum absolute atomic E-state index is 11.7. The molecule has 0 aliphatic rings. The summed E-state index contributed by atoms with van der Waals surface area (Å²) >= 11 is 5.36. The van der Waals surface area contributed by atoms with E-state index in [9.17, 15) is 4.79 Å². The molecule has 4 heteroatoms. The van der Waals surface area contributed by atoms with Gasteiger partial charge in [0.15, 0.2) is 0 Å². The number of amides is 1. The minimum absolute atomic E-state index is 0.0811. The summed E-state index contributed by atoms with van der Waals surface area (Å²) in [6, 6.07) is 19.5. The van der Waals surface area contributed by atoms with E-state index in [1.165, 1.54) is 0 Å². The fourth-order valence-corrected chi connectivity index (χ4v) is 2.04. The highest BCUT2D eigenvalue weighted by atomic mass is 35.5. The number of rotatable bonds is 5. The van der Waals surface area contributed by atoms with Crippen molar-refractivity contribution < 1.29 is 4.79 Å². The molecule has 0 spiro atoms. The maximum atomic E-state index is 11.7. The van der Waals surface area contributed by atoms with Gasteiger partial charge in [-0.1, -0.05) is 60.7 Å². The SMILES string of the molecule is O=C(CNCl)NC(c1ccccc1)c1ccccc1. The second-order valence-electron chi connectivity index (χ2n) is 4.13. The van der Waals surface area contributed by atoms with Gasteiger partial charge < -0.3 is 5.32 Å². The Morgan fingerprint density at radius 3 is 1.84 bits per heavy atom. The summed E-state index contributed by atoms with van der Waals surface area (Å²) in [5.41, 5.74) is 2.08. The van der Waals surface area contributed by atoms with Crippen molar-refractivity contribution in [2.45, 2.75) is 6.04 Å². The van der Waals surface area contributed by atoms with Crippen molar-refractivity contribution in [2.24, 2.45) is 0 Å². The Morgan fingerprint density at radius 2 is 1.42 bits per heavy atom. The third-order valence-electron chi connectivity index (χ3n) is 2.80. The fourth-order valence-electron chi connectivity index (χ4n) is 1.92. The average molecular weight is 275 g/mol. The maximum Gasteiger partial charge on any atom is 0.236 e. The van der Waals surface area contributed by atoms with E-state index in [-0.39, 0.29) is 18.5 Å². The molecule has 2 aromatic carbocycles. The van der Waals surface area contributed by atoms with Gasteiger partial charge in [-0.2, -0.15) is 0 Å². The van der Waals surface area contributed by atoms with E-state index in [1.54, 1.807) is 0 Å². The molecule has 2 N–H and O–H groups in total. The summed E-state index contributed by atoms with van der Waals surface area (Å²) in [6.07, 6.45) is 0. The first kappa shape index (κ1) is 13.6. The summed E-state index contributed by atoms with van der Waals surface area (Å²) in [4.78, 5) is 14.1. The molecule has 2 aromatic rings. The number of halogens is 1. The van der Waals surface area contributed by atoms with Crippen LogP contribution in [0.25, 0.3) is 0 Å². The highest BCUT2D eigenvalue weighted by Crippen LogP contribution is 2.21. The molecule has 0 radical (unpaired) electrons. The van der Waals surface area contributed by atoms with E-state index in [1.807, 2.05) is 60.7 Å². The molecule has 3 nitrogen and oxygen atoms in total. The summed E-state index contributed by atoms with van der Waals surface area (Å²) < 4.78 is 0. The quantitative estimate of drug-likeness (QED) is 0.823. The van der Waals surface area contributed by atoms with Gasteiger partial charge in [0, 0.05) is 0 Å². The van der Waals surface area contributed by atoms with Gasteiger partial charge in [-0.05, 0) is 22.9 Å². The van der Waals surface area contributed by atoms with Crippen molar-refractivity contribution >= 4 is 17.7 Å². The van der Waals surface area contributed by atoms with Gasteiger partial charge in [0.05, 0.1) is 12.6 Å². The van der Waals surface area contributed by atoms with E-state index < -0.39 is 0 Å². The Balaban J connectivity index is 2.26. The molecule has 0 bridgehead atoms. The van der Waals surface area contributed by atoms with Crippen molar-refractivity contribution in [3.63, 3.8) is 0 Å². The minimum atomic E-state index is -0.167. The zero-order valence-electron chi connectivity index (χ0n) is 10.3. The van der Waals surface area contributed by atoms with Gasteiger partial charge in [0.25, 0.3) is 0 Å². The lowest BCUT2D eigenvalue weighted by Crippen LogP contribution is -2.34. The molecule has 0 fully saturated rings. The molecule has 0 atom stereocenters. The van der Waals surface area contributed by atoms with Crippen LogP contribution >= 0.6 is 11.8 Å². The molecule has 0 heterocycles. The van der Waals surface area contributed by atoms with Crippen LogP contribution in [-0.2, 0) is 4.79 Å². The molecule has 0 aliphatic carbocycles. The molecule has 0 saturated heterocycles. The molecule has 19 heavy (non-hydrogen) atoms. The van der Waals surface area contributed by atoms with Gasteiger partial charge in [-0.25, -0.2) is 4.84 Å². The number of hydrogen-bond donors (Lipinski definition) is 2. The van der Waals surface area contributed by atoms with Crippen molar-refractivity contribution in [1.29, 1.82) is 0 Å². The fraction of sp³-hybridized carbons (Fsp3) is 0.133. The van der Waals surface area contributed by atoms with Crippen LogP contribution in [0.15, 0.2) is 60.7 Å². The van der Waals surface area contributed by atoms with Crippen LogP contribution in [0.1, 0.15) is 17.2 Å². The Morgan fingerprint density at radius 1 is 0.947 bits per heavy atom. The first-order valence-electron chi connectivity index (χ1n) is 6.04. The van der Waals surface area contributed by atoms with Crippen LogP contribution in [-0.4, -0.2) is 12.5 Å². The highest BCUT2D eigenvalue weighted by molar-refractivity contribution is 6.14. The van der Waals surface area contributed by atoms with Crippen LogP contribution in [0.3, 0.4) is 0 Å². The summed E-state index contributed by atoms with van der Waals surface area (Å²) in [7, 11) is 0. The van der Waals surface area contributed by atoms with E-state index in [0.29, 0.717) is 0 Å². The first-order valence-corrected chi connectivity index (χ1v) is 6.42. The number of hydrogen-bond acceptors (Lipinski definition) is 2. The minimum Gasteiger partial charge on any atom is -0.344 e. The van der Waals surface area contributed by atoms with Crippen LogP contribution < -0.4 is 10.2 Å². The van der Waals surface area contributed by atoms with Gasteiger partial charge in [-0.15, -0.1) is 0 Å². The predicted molar refractivity (Wildman–Crippen MR) is 76.7 cm³/mol. The standard InChI is InChI=1S/C15H15ClN2O/c16-17-11-14(19)18-15(12-7-3-1-4-8-12)13-9-5-2-6-10-13/h1-10,15,17H,11H2,(H,18,19). The van der Waals surface area contributed by atoms with Gasteiger partial charge in [-0.3, -0.25) is 4.79 Å². The molecule has 0 unspecified atom stereocenters. The van der Waals surface area contributed by atoms with Crippen molar-refractivity contribution in [1.82, 2.24) is 10.2 Å². The predicted octanol–water partition coefficient (Wildman–Crippen LogP) is 2.64. The van der Waals surface area contributed by atoms with Gasteiger partial charge >= 0.3 is 0 Å². The van der Waals surface area contributed by atoms with Crippen LogP contribution in [0.2, 0.25) is 0 Å². The zero-order chi connectivity index (χ0) is 13.5. The number of carbonyl (C=O) groups excluding carboxylic acids is 1.